The maximum Gasteiger partial charge on any atom is 0.253 e. The number of anilines is 1. The van der Waals surface area contributed by atoms with E-state index in [4.69, 9.17) is 17.3 Å². The van der Waals surface area contributed by atoms with Crippen LogP contribution in [0.25, 0.3) is 0 Å². The van der Waals surface area contributed by atoms with Crippen molar-refractivity contribution in [2.24, 2.45) is 0 Å². The van der Waals surface area contributed by atoms with E-state index in [0.717, 1.165) is 19.3 Å². The van der Waals surface area contributed by atoms with Crippen LogP contribution in [0.4, 0.5) is 5.69 Å². The molecule has 90 valence electrons. The van der Waals surface area contributed by atoms with Crippen molar-refractivity contribution in [3.05, 3.63) is 40.9 Å². The predicted octanol–water partition coefficient (Wildman–Crippen LogP) is 2.76. The first kappa shape index (κ1) is 12.0. The smallest absolute Gasteiger partial charge is 0.253 e. The van der Waals surface area contributed by atoms with Gasteiger partial charge in [0.25, 0.3) is 5.91 Å². The molecule has 1 aliphatic carbocycles. The van der Waals surface area contributed by atoms with Crippen LogP contribution in [0, 0.1) is 0 Å². The number of rotatable bonds is 2. The molecule has 0 bridgehead atoms. The third kappa shape index (κ3) is 3.01. The van der Waals surface area contributed by atoms with Gasteiger partial charge in [0.05, 0.1) is 10.6 Å². The molecule has 1 aromatic rings. The van der Waals surface area contributed by atoms with E-state index in [0.29, 0.717) is 16.3 Å². The van der Waals surface area contributed by atoms with Crippen LogP contribution in [0.5, 0.6) is 0 Å². The first-order chi connectivity index (χ1) is 8.16. The Morgan fingerprint density at radius 2 is 2.24 bits per heavy atom. The summed E-state index contributed by atoms with van der Waals surface area (Å²) in [6.07, 6.45) is 7.09. The van der Waals surface area contributed by atoms with Crippen LogP contribution in [0.1, 0.15) is 29.6 Å². The molecule has 1 aliphatic rings. The molecule has 1 atom stereocenters. The Hall–Kier alpha value is -1.48. The van der Waals surface area contributed by atoms with Crippen molar-refractivity contribution in [2.45, 2.75) is 25.3 Å². The van der Waals surface area contributed by atoms with Crippen molar-refractivity contribution in [3.8, 4) is 0 Å². The Balaban J connectivity index is 2.08. The van der Waals surface area contributed by atoms with Crippen LogP contribution in [0.3, 0.4) is 0 Å². The van der Waals surface area contributed by atoms with Crippen LogP contribution >= 0.6 is 11.6 Å². The van der Waals surface area contributed by atoms with Gasteiger partial charge in [-0.3, -0.25) is 4.79 Å². The summed E-state index contributed by atoms with van der Waals surface area (Å²) < 4.78 is 0. The summed E-state index contributed by atoms with van der Waals surface area (Å²) in [7, 11) is 0. The van der Waals surface area contributed by atoms with Crippen LogP contribution in [0.2, 0.25) is 5.02 Å². The van der Waals surface area contributed by atoms with E-state index in [9.17, 15) is 4.79 Å². The number of carbonyl (C=O) groups is 1. The van der Waals surface area contributed by atoms with Gasteiger partial charge >= 0.3 is 0 Å². The van der Waals surface area contributed by atoms with Gasteiger partial charge in [0.15, 0.2) is 0 Å². The largest absolute Gasteiger partial charge is 0.399 e. The van der Waals surface area contributed by atoms with Crippen LogP contribution in [0.15, 0.2) is 30.4 Å². The zero-order chi connectivity index (χ0) is 12.3. The number of nitrogens with one attached hydrogen (secondary N) is 1. The van der Waals surface area contributed by atoms with Crippen LogP contribution in [-0.2, 0) is 0 Å². The molecular formula is C13H15ClN2O. The second kappa shape index (κ2) is 5.23. The number of nitrogens with two attached hydrogens (primary N) is 1. The lowest BCUT2D eigenvalue weighted by Gasteiger charge is -2.19. The molecule has 1 aromatic carbocycles. The standard InChI is InChI=1S/C13H15ClN2O/c14-12-7-6-9(15)8-11(12)13(17)16-10-4-2-1-3-5-10/h1-2,6-8,10H,3-5,15H2,(H,16,17). The van der Waals surface area contributed by atoms with E-state index >= 15 is 0 Å². The van der Waals surface area contributed by atoms with Gasteiger partial charge in [-0.2, -0.15) is 0 Å². The topological polar surface area (TPSA) is 55.1 Å². The number of allylic oxidation sites excluding steroid dienone is 1. The van der Waals surface area contributed by atoms with E-state index in [1.165, 1.54) is 0 Å². The van der Waals surface area contributed by atoms with Gasteiger partial charge in [0.1, 0.15) is 0 Å². The van der Waals surface area contributed by atoms with Crippen molar-refractivity contribution >= 4 is 23.2 Å². The number of amides is 1. The van der Waals surface area contributed by atoms with E-state index in [1.54, 1.807) is 18.2 Å². The number of hydrogen-bond acceptors (Lipinski definition) is 2. The molecule has 1 unspecified atom stereocenters. The lowest BCUT2D eigenvalue weighted by molar-refractivity contribution is 0.0935. The lowest BCUT2D eigenvalue weighted by Crippen LogP contribution is -2.35. The van der Waals surface area contributed by atoms with Gasteiger partial charge in [0, 0.05) is 11.7 Å². The summed E-state index contributed by atoms with van der Waals surface area (Å²) in [5, 5.41) is 3.41. The zero-order valence-electron chi connectivity index (χ0n) is 9.45. The summed E-state index contributed by atoms with van der Waals surface area (Å²) in [6.45, 7) is 0. The van der Waals surface area contributed by atoms with Gasteiger partial charge in [0.2, 0.25) is 0 Å². The second-order valence-electron chi connectivity index (χ2n) is 4.19. The fraction of sp³-hybridized carbons (Fsp3) is 0.308. The Bertz CT molecular complexity index is 457. The van der Waals surface area contributed by atoms with E-state index in [1.807, 2.05) is 0 Å². The number of carbonyl (C=O) groups excluding carboxylic acids is 1. The van der Waals surface area contributed by atoms with E-state index < -0.39 is 0 Å². The monoisotopic (exact) mass is 250 g/mol. The van der Waals surface area contributed by atoms with Crippen molar-refractivity contribution in [2.75, 3.05) is 5.73 Å². The van der Waals surface area contributed by atoms with Gasteiger partial charge in [-0.25, -0.2) is 0 Å². The average molecular weight is 251 g/mol. The third-order valence-electron chi connectivity index (χ3n) is 2.84. The second-order valence-corrected chi connectivity index (χ2v) is 4.60. The van der Waals surface area contributed by atoms with E-state index in [-0.39, 0.29) is 11.9 Å². The number of hydrogen-bond donors (Lipinski definition) is 2. The molecule has 1 amide bonds. The van der Waals surface area contributed by atoms with Gasteiger partial charge < -0.3 is 11.1 Å². The average Bonchev–Trinajstić information content (AvgIpc) is 2.33. The summed E-state index contributed by atoms with van der Waals surface area (Å²) in [4.78, 5) is 12.0. The first-order valence-corrected chi connectivity index (χ1v) is 6.05. The van der Waals surface area contributed by atoms with Gasteiger partial charge in [-0.05, 0) is 37.5 Å². The van der Waals surface area contributed by atoms with Gasteiger partial charge in [-0.15, -0.1) is 0 Å². The molecule has 0 saturated carbocycles. The molecular weight excluding hydrogens is 236 g/mol. The van der Waals surface area contributed by atoms with Crippen molar-refractivity contribution in [1.29, 1.82) is 0 Å². The summed E-state index contributed by atoms with van der Waals surface area (Å²) in [5.74, 6) is -0.150. The Morgan fingerprint density at radius 1 is 1.41 bits per heavy atom. The van der Waals surface area contributed by atoms with Crippen molar-refractivity contribution < 1.29 is 4.79 Å². The summed E-state index contributed by atoms with van der Waals surface area (Å²) >= 11 is 5.98. The quantitative estimate of drug-likeness (QED) is 0.626. The number of nitrogen functional groups attached to an aromatic ring is 1. The molecule has 0 heterocycles. The molecule has 0 saturated heterocycles. The Kier molecular flexibility index (Phi) is 3.69. The highest BCUT2D eigenvalue weighted by Gasteiger charge is 2.16. The molecule has 0 spiro atoms. The number of halogens is 1. The van der Waals surface area contributed by atoms with Gasteiger partial charge in [-0.1, -0.05) is 23.8 Å². The maximum absolute atomic E-state index is 12.0. The fourth-order valence-corrected chi connectivity index (χ4v) is 2.11. The minimum absolute atomic E-state index is 0.150. The molecule has 4 heteroatoms. The highest BCUT2D eigenvalue weighted by Crippen LogP contribution is 2.19. The lowest BCUT2D eigenvalue weighted by atomic mass is 10.0. The third-order valence-corrected chi connectivity index (χ3v) is 3.17. The molecule has 0 aliphatic heterocycles. The van der Waals surface area contributed by atoms with Crippen LogP contribution in [-0.4, -0.2) is 11.9 Å². The Morgan fingerprint density at radius 3 is 2.94 bits per heavy atom. The highest BCUT2D eigenvalue weighted by atomic mass is 35.5. The molecule has 2 rings (SSSR count). The van der Waals surface area contributed by atoms with Crippen molar-refractivity contribution in [3.63, 3.8) is 0 Å². The molecule has 17 heavy (non-hydrogen) atoms. The molecule has 0 aromatic heterocycles. The normalized spacial score (nSPS) is 19.0. The zero-order valence-corrected chi connectivity index (χ0v) is 10.2. The maximum atomic E-state index is 12.0. The minimum Gasteiger partial charge on any atom is -0.399 e. The summed E-state index contributed by atoms with van der Waals surface area (Å²) in [5.41, 5.74) is 6.64. The van der Waals surface area contributed by atoms with Crippen molar-refractivity contribution in [1.82, 2.24) is 5.32 Å². The predicted molar refractivity (Wildman–Crippen MR) is 70.1 cm³/mol. The SMILES string of the molecule is Nc1ccc(Cl)c(C(=O)NC2CC=CCC2)c1. The summed E-state index contributed by atoms with van der Waals surface area (Å²) in [6, 6.07) is 5.13. The van der Waals surface area contributed by atoms with E-state index in [2.05, 4.69) is 17.5 Å². The molecule has 3 N–H and O–H groups in total. The molecule has 0 radical (unpaired) electrons. The fourth-order valence-electron chi connectivity index (χ4n) is 1.90. The first-order valence-electron chi connectivity index (χ1n) is 5.67. The Labute approximate surface area is 106 Å². The molecule has 3 nitrogen and oxygen atoms in total. The van der Waals surface area contributed by atoms with Crippen LogP contribution < -0.4 is 11.1 Å². The number of benzene rings is 1. The highest BCUT2D eigenvalue weighted by molar-refractivity contribution is 6.34. The molecule has 0 fully saturated rings. The minimum atomic E-state index is -0.150.